The first-order valence-electron chi connectivity index (χ1n) is 8.95. The van der Waals surface area contributed by atoms with Gasteiger partial charge >= 0.3 is 0 Å². The van der Waals surface area contributed by atoms with E-state index >= 15 is 0 Å². The quantitative estimate of drug-likeness (QED) is 0.655. The first-order chi connectivity index (χ1) is 13.4. The molecule has 6 heteroatoms. The van der Waals surface area contributed by atoms with E-state index in [1.54, 1.807) is 32.0 Å². The molecule has 1 amide bonds. The van der Waals surface area contributed by atoms with Gasteiger partial charge in [0.2, 0.25) is 10.0 Å². The Hall–Kier alpha value is -2.96. The van der Waals surface area contributed by atoms with Gasteiger partial charge in [0.25, 0.3) is 5.91 Å². The third kappa shape index (κ3) is 4.65. The van der Waals surface area contributed by atoms with Crippen LogP contribution in [0.15, 0.2) is 83.8 Å². The molecule has 0 unspecified atom stereocenters. The van der Waals surface area contributed by atoms with Gasteiger partial charge in [-0.2, -0.15) is 0 Å². The molecule has 28 heavy (non-hydrogen) atoms. The Morgan fingerprint density at radius 2 is 1.43 bits per heavy atom. The van der Waals surface area contributed by atoms with Gasteiger partial charge < -0.3 is 5.32 Å². The van der Waals surface area contributed by atoms with Crippen LogP contribution in [0.3, 0.4) is 0 Å². The van der Waals surface area contributed by atoms with E-state index < -0.39 is 10.0 Å². The summed E-state index contributed by atoms with van der Waals surface area (Å²) in [5, 5.41) is 2.83. The van der Waals surface area contributed by atoms with Crippen LogP contribution in [-0.4, -0.2) is 20.4 Å². The molecule has 0 fully saturated rings. The lowest BCUT2D eigenvalue weighted by molar-refractivity contribution is 0.102. The van der Waals surface area contributed by atoms with Crippen molar-refractivity contribution in [1.29, 1.82) is 0 Å². The molecule has 3 aromatic rings. The number of anilines is 1. The van der Waals surface area contributed by atoms with Crippen LogP contribution >= 0.6 is 0 Å². The van der Waals surface area contributed by atoms with E-state index in [0.29, 0.717) is 11.3 Å². The third-order valence-electron chi connectivity index (χ3n) is 4.07. The van der Waals surface area contributed by atoms with Crippen molar-refractivity contribution in [2.45, 2.75) is 24.8 Å². The van der Waals surface area contributed by atoms with Crippen LogP contribution in [0, 0.1) is 0 Å². The maximum atomic E-state index is 12.8. The Morgan fingerprint density at radius 3 is 2.07 bits per heavy atom. The Labute approximate surface area is 165 Å². The van der Waals surface area contributed by atoms with Crippen LogP contribution in [0.1, 0.15) is 24.2 Å². The van der Waals surface area contributed by atoms with Gasteiger partial charge in [0, 0.05) is 17.3 Å². The number of rotatable bonds is 6. The van der Waals surface area contributed by atoms with Crippen LogP contribution in [0.2, 0.25) is 0 Å². The SMILES string of the molecule is CC(C)NS(=O)(=O)c1ccc(NC(=O)c2ccccc2-c2ccccc2)cc1. The standard InChI is InChI=1S/C22H22N2O3S/c1-16(2)24-28(26,27)19-14-12-18(13-15-19)23-22(25)21-11-7-6-10-20(21)17-8-4-3-5-9-17/h3-16,24H,1-2H3,(H,23,25). The highest BCUT2D eigenvalue weighted by Crippen LogP contribution is 2.24. The number of carbonyl (C=O) groups excluding carboxylic acids is 1. The van der Waals surface area contributed by atoms with Crippen LogP contribution in [-0.2, 0) is 10.0 Å². The van der Waals surface area contributed by atoms with Crippen LogP contribution in [0.25, 0.3) is 11.1 Å². The van der Waals surface area contributed by atoms with Crippen molar-refractivity contribution < 1.29 is 13.2 Å². The van der Waals surface area contributed by atoms with Crippen molar-refractivity contribution in [3.63, 3.8) is 0 Å². The molecule has 0 saturated carbocycles. The summed E-state index contributed by atoms with van der Waals surface area (Å²) in [5.74, 6) is -0.254. The van der Waals surface area contributed by atoms with Crippen molar-refractivity contribution >= 4 is 21.6 Å². The van der Waals surface area contributed by atoms with Gasteiger partial charge in [-0.25, -0.2) is 13.1 Å². The molecule has 0 bridgehead atoms. The zero-order chi connectivity index (χ0) is 20.1. The third-order valence-corrected chi connectivity index (χ3v) is 5.74. The minimum absolute atomic E-state index is 0.156. The summed E-state index contributed by atoms with van der Waals surface area (Å²) < 4.78 is 26.9. The van der Waals surface area contributed by atoms with Crippen molar-refractivity contribution in [2.75, 3.05) is 5.32 Å². The average Bonchev–Trinajstić information content (AvgIpc) is 2.68. The molecule has 0 spiro atoms. The predicted octanol–water partition coefficient (Wildman–Crippen LogP) is 4.29. The molecule has 2 N–H and O–H groups in total. The maximum absolute atomic E-state index is 12.8. The molecule has 3 rings (SSSR count). The average molecular weight is 394 g/mol. The summed E-state index contributed by atoms with van der Waals surface area (Å²) in [6.45, 7) is 3.52. The molecule has 0 heterocycles. The molecule has 0 radical (unpaired) electrons. The van der Waals surface area contributed by atoms with E-state index in [2.05, 4.69) is 10.0 Å². The molecule has 0 aliphatic rings. The molecule has 5 nitrogen and oxygen atoms in total. The number of benzene rings is 3. The van der Waals surface area contributed by atoms with E-state index in [0.717, 1.165) is 11.1 Å². The fourth-order valence-electron chi connectivity index (χ4n) is 2.84. The second kappa shape index (κ2) is 8.37. The fraction of sp³-hybridized carbons (Fsp3) is 0.136. The fourth-order valence-corrected chi connectivity index (χ4v) is 4.10. The number of carbonyl (C=O) groups is 1. The summed E-state index contributed by atoms with van der Waals surface area (Å²) in [6.07, 6.45) is 0. The monoisotopic (exact) mass is 394 g/mol. The van der Waals surface area contributed by atoms with Gasteiger partial charge in [0.1, 0.15) is 0 Å². The van der Waals surface area contributed by atoms with Crippen molar-refractivity contribution in [3.8, 4) is 11.1 Å². The molecule has 0 saturated heterocycles. The topological polar surface area (TPSA) is 75.3 Å². The van der Waals surface area contributed by atoms with Crippen molar-refractivity contribution in [2.24, 2.45) is 0 Å². The minimum atomic E-state index is -3.56. The molecule has 0 aliphatic carbocycles. The summed E-state index contributed by atoms with van der Waals surface area (Å²) in [4.78, 5) is 13.0. The highest BCUT2D eigenvalue weighted by molar-refractivity contribution is 7.89. The number of hydrogen-bond acceptors (Lipinski definition) is 3. The van der Waals surface area contributed by atoms with E-state index in [1.165, 1.54) is 12.1 Å². The Bertz CT molecular complexity index is 1060. The van der Waals surface area contributed by atoms with Gasteiger partial charge in [-0.1, -0.05) is 48.5 Å². The lowest BCUT2D eigenvalue weighted by Crippen LogP contribution is -2.30. The smallest absolute Gasteiger partial charge is 0.256 e. The van der Waals surface area contributed by atoms with E-state index in [-0.39, 0.29) is 16.8 Å². The molecular weight excluding hydrogens is 372 g/mol. The molecule has 0 aliphatic heterocycles. The highest BCUT2D eigenvalue weighted by atomic mass is 32.2. The summed E-state index contributed by atoms with van der Waals surface area (Å²) in [7, 11) is -3.56. The van der Waals surface area contributed by atoms with Crippen LogP contribution < -0.4 is 10.0 Å². The minimum Gasteiger partial charge on any atom is -0.322 e. The zero-order valence-electron chi connectivity index (χ0n) is 15.7. The summed E-state index contributed by atoms with van der Waals surface area (Å²) >= 11 is 0. The lowest BCUT2D eigenvalue weighted by atomic mass is 9.99. The number of sulfonamides is 1. The largest absolute Gasteiger partial charge is 0.322 e. The molecule has 0 atom stereocenters. The zero-order valence-corrected chi connectivity index (χ0v) is 16.5. The number of amides is 1. The van der Waals surface area contributed by atoms with Gasteiger partial charge in [-0.3, -0.25) is 4.79 Å². The molecule has 0 aromatic heterocycles. The van der Waals surface area contributed by atoms with Gasteiger partial charge in [0.15, 0.2) is 0 Å². The Morgan fingerprint density at radius 1 is 0.821 bits per heavy atom. The number of hydrogen-bond donors (Lipinski definition) is 2. The predicted molar refractivity (Wildman–Crippen MR) is 112 cm³/mol. The van der Waals surface area contributed by atoms with Gasteiger partial charge in [-0.05, 0) is 55.3 Å². The molecule has 3 aromatic carbocycles. The summed E-state index contributed by atoms with van der Waals surface area (Å²) in [5.41, 5.74) is 2.86. The molecular formula is C22H22N2O3S. The second-order valence-electron chi connectivity index (χ2n) is 6.67. The number of nitrogens with one attached hydrogen (secondary N) is 2. The molecule has 144 valence electrons. The van der Waals surface area contributed by atoms with E-state index in [4.69, 9.17) is 0 Å². The van der Waals surface area contributed by atoms with Gasteiger partial charge in [-0.15, -0.1) is 0 Å². The first kappa shape index (κ1) is 19.8. The lowest BCUT2D eigenvalue weighted by Gasteiger charge is -2.12. The van der Waals surface area contributed by atoms with Crippen molar-refractivity contribution in [3.05, 3.63) is 84.4 Å². The maximum Gasteiger partial charge on any atom is 0.256 e. The van der Waals surface area contributed by atoms with Crippen LogP contribution in [0.5, 0.6) is 0 Å². The van der Waals surface area contributed by atoms with Crippen LogP contribution in [0.4, 0.5) is 5.69 Å². The Kier molecular flexibility index (Phi) is 5.92. The summed E-state index contributed by atoms with van der Waals surface area (Å²) in [6, 6.07) is 23.0. The van der Waals surface area contributed by atoms with E-state index in [9.17, 15) is 13.2 Å². The van der Waals surface area contributed by atoms with E-state index in [1.807, 2.05) is 48.5 Å². The normalized spacial score (nSPS) is 11.4. The Balaban J connectivity index is 1.81. The second-order valence-corrected chi connectivity index (χ2v) is 8.38. The first-order valence-corrected chi connectivity index (χ1v) is 10.4. The van der Waals surface area contributed by atoms with Gasteiger partial charge in [0.05, 0.1) is 4.90 Å². The van der Waals surface area contributed by atoms with Crippen molar-refractivity contribution in [1.82, 2.24) is 4.72 Å². The highest BCUT2D eigenvalue weighted by Gasteiger charge is 2.16.